The highest BCUT2D eigenvalue weighted by Gasteiger charge is 2.36. The molecule has 0 spiro atoms. The maximum atomic E-state index is 9.68. The van der Waals surface area contributed by atoms with E-state index < -0.39 is 8.32 Å². The zero-order valence-electron chi connectivity index (χ0n) is 11.9. The molecule has 0 aliphatic carbocycles. The molecule has 1 atom stereocenters. The van der Waals surface area contributed by atoms with Gasteiger partial charge in [-0.15, -0.1) is 0 Å². The predicted molar refractivity (Wildman–Crippen MR) is 74.6 cm³/mol. The van der Waals surface area contributed by atoms with Crippen LogP contribution in [0.3, 0.4) is 0 Å². The molecule has 0 aromatic heterocycles. The molecule has 0 aliphatic rings. The molecule has 0 aromatic rings. The molecule has 0 fully saturated rings. The fourth-order valence-corrected chi connectivity index (χ4v) is 2.17. The Morgan fingerprint density at radius 3 is 2.29 bits per heavy atom. The van der Waals surface area contributed by atoms with Crippen molar-refractivity contribution < 1.29 is 14.6 Å². The van der Waals surface area contributed by atoms with Crippen molar-refractivity contribution in [3.05, 3.63) is 12.2 Å². The van der Waals surface area contributed by atoms with Crippen molar-refractivity contribution in [3.8, 4) is 0 Å². The van der Waals surface area contributed by atoms with Gasteiger partial charge >= 0.3 is 0 Å². The van der Waals surface area contributed by atoms with E-state index in [1.165, 1.54) is 0 Å². The second-order valence-corrected chi connectivity index (χ2v) is 10.8. The number of hydrogen-bond donors (Lipinski definition) is 2. The zero-order valence-corrected chi connectivity index (χ0v) is 12.9. The minimum Gasteiger partial charge on any atom is -0.417 e. The summed E-state index contributed by atoms with van der Waals surface area (Å²) in [5, 5.41) is 18.5. The standard InChI is InChI=1S/C13H28O3Si/c1-13(2,3)17(4,5)16-11-9-12(15)8-6-7-10-14/h6-7,12,14-15H,8-11H2,1-5H3/b7-6-/t12-/m0/s1. The van der Waals surface area contributed by atoms with Gasteiger partial charge in [-0.05, 0) is 31.0 Å². The van der Waals surface area contributed by atoms with E-state index in [2.05, 4.69) is 33.9 Å². The van der Waals surface area contributed by atoms with Crippen LogP contribution in [0.5, 0.6) is 0 Å². The summed E-state index contributed by atoms with van der Waals surface area (Å²) in [6.07, 6.45) is 4.32. The normalized spacial score (nSPS) is 15.5. The van der Waals surface area contributed by atoms with E-state index in [1.54, 1.807) is 12.2 Å². The molecule has 2 N–H and O–H groups in total. The van der Waals surface area contributed by atoms with Crippen LogP contribution in [0.2, 0.25) is 18.1 Å². The summed E-state index contributed by atoms with van der Waals surface area (Å²) in [5.41, 5.74) is 0. The Morgan fingerprint density at radius 2 is 1.82 bits per heavy atom. The van der Waals surface area contributed by atoms with Crippen molar-refractivity contribution in [1.29, 1.82) is 0 Å². The third-order valence-corrected chi connectivity index (χ3v) is 7.94. The van der Waals surface area contributed by atoms with Crippen LogP contribution in [0.1, 0.15) is 33.6 Å². The molecule has 0 unspecified atom stereocenters. The molecule has 0 saturated carbocycles. The minimum atomic E-state index is -1.68. The van der Waals surface area contributed by atoms with Crippen LogP contribution in [-0.2, 0) is 4.43 Å². The smallest absolute Gasteiger partial charge is 0.191 e. The summed E-state index contributed by atoms with van der Waals surface area (Å²) < 4.78 is 5.98. The van der Waals surface area contributed by atoms with E-state index in [9.17, 15) is 5.11 Å². The van der Waals surface area contributed by atoms with Crippen LogP contribution in [-0.4, -0.2) is 37.8 Å². The number of rotatable bonds is 7. The monoisotopic (exact) mass is 260 g/mol. The Hall–Kier alpha value is -0.163. The summed E-state index contributed by atoms with van der Waals surface area (Å²) in [7, 11) is -1.68. The van der Waals surface area contributed by atoms with Gasteiger partial charge in [-0.1, -0.05) is 32.9 Å². The van der Waals surface area contributed by atoms with E-state index in [0.717, 1.165) is 0 Å². The van der Waals surface area contributed by atoms with Gasteiger partial charge in [0.15, 0.2) is 8.32 Å². The third kappa shape index (κ3) is 6.98. The maximum absolute atomic E-state index is 9.68. The van der Waals surface area contributed by atoms with E-state index in [-0.39, 0.29) is 17.7 Å². The molecule has 17 heavy (non-hydrogen) atoms. The average Bonchev–Trinajstić information content (AvgIpc) is 2.16. The molecule has 0 amide bonds. The Labute approximate surface area is 107 Å². The Morgan fingerprint density at radius 1 is 1.24 bits per heavy atom. The molecule has 3 nitrogen and oxygen atoms in total. The van der Waals surface area contributed by atoms with Crippen molar-refractivity contribution in [3.63, 3.8) is 0 Å². The lowest BCUT2D eigenvalue weighted by Gasteiger charge is -2.36. The Balaban J connectivity index is 3.87. The molecular weight excluding hydrogens is 232 g/mol. The maximum Gasteiger partial charge on any atom is 0.191 e. The lowest BCUT2D eigenvalue weighted by molar-refractivity contribution is 0.137. The summed E-state index contributed by atoms with van der Waals surface area (Å²) in [6, 6.07) is 0. The van der Waals surface area contributed by atoms with Gasteiger partial charge < -0.3 is 14.6 Å². The van der Waals surface area contributed by atoms with Crippen LogP contribution in [0.15, 0.2) is 12.2 Å². The predicted octanol–water partition coefficient (Wildman–Crippen LogP) is 2.70. The van der Waals surface area contributed by atoms with Gasteiger partial charge in [0.25, 0.3) is 0 Å². The minimum absolute atomic E-state index is 0.0349. The molecule has 0 radical (unpaired) electrons. The Kier molecular flexibility index (Phi) is 7.24. The van der Waals surface area contributed by atoms with E-state index in [0.29, 0.717) is 19.4 Å². The molecular formula is C13H28O3Si. The van der Waals surface area contributed by atoms with Crippen molar-refractivity contribution in [1.82, 2.24) is 0 Å². The van der Waals surface area contributed by atoms with Crippen molar-refractivity contribution in [2.75, 3.05) is 13.2 Å². The molecule has 0 bridgehead atoms. The van der Waals surface area contributed by atoms with Gasteiger partial charge in [0.2, 0.25) is 0 Å². The van der Waals surface area contributed by atoms with Crippen molar-refractivity contribution in [2.45, 2.75) is 57.8 Å². The number of hydrogen-bond acceptors (Lipinski definition) is 3. The fraction of sp³-hybridized carbons (Fsp3) is 0.846. The molecule has 0 heterocycles. The van der Waals surface area contributed by atoms with E-state index in [1.807, 2.05) is 0 Å². The lowest BCUT2D eigenvalue weighted by atomic mass is 10.2. The van der Waals surface area contributed by atoms with Crippen molar-refractivity contribution >= 4 is 8.32 Å². The van der Waals surface area contributed by atoms with E-state index >= 15 is 0 Å². The fourth-order valence-electron chi connectivity index (χ4n) is 1.11. The highest BCUT2D eigenvalue weighted by atomic mass is 28.4. The Bertz CT molecular complexity index is 231. The summed E-state index contributed by atoms with van der Waals surface area (Å²) in [4.78, 5) is 0. The van der Waals surface area contributed by atoms with Gasteiger partial charge in [0, 0.05) is 6.61 Å². The second-order valence-electron chi connectivity index (χ2n) is 5.94. The van der Waals surface area contributed by atoms with Gasteiger partial charge in [0.05, 0.1) is 12.7 Å². The van der Waals surface area contributed by atoms with Crippen LogP contribution in [0, 0.1) is 0 Å². The first-order valence-electron chi connectivity index (χ1n) is 6.28. The molecule has 102 valence electrons. The van der Waals surface area contributed by atoms with Crippen molar-refractivity contribution in [2.24, 2.45) is 0 Å². The molecule has 0 rings (SSSR count). The SMILES string of the molecule is CC(C)(C)[Si](C)(C)OCC[C@@H](O)C/C=C\CO. The molecule has 0 saturated heterocycles. The topological polar surface area (TPSA) is 49.7 Å². The summed E-state index contributed by atoms with van der Waals surface area (Å²) >= 11 is 0. The summed E-state index contributed by atoms with van der Waals surface area (Å²) in [6.45, 7) is 11.7. The van der Waals surface area contributed by atoms with Gasteiger partial charge in [-0.2, -0.15) is 0 Å². The van der Waals surface area contributed by atoms with Gasteiger partial charge in [-0.25, -0.2) is 0 Å². The highest BCUT2D eigenvalue weighted by molar-refractivity contribution is 6.74. The molecule has 0 aliphatic heterocycles. The van der Waals surface area contributed by atoms with Crippen LogP contribution < -0.4 is 0 Å². The average molecular weight is 260 g/mol. The van der Waals surface area contributed by atoms with Gasteiger partial charge in [0.1, 0.15) is 0 Å². The first-order valence-corrected chi connectivity index (χ1v) is 9.19. The number of aliphatic hydroxyl groups is 2. The van der Waals surface area contributed by atoms with E-state index in [4.69, 9.17) is 9.53 Å². The first kappa shape index (κ1) is 16.8. The molecule has 4 heteroatoms. The van der Waals surface area contributed by atoms with Crippen LogP contribution in [0.4, 0.5) is 0 Å². The zero-order chi connectivity index (χ0) is 13.5. The van der Waals surface area contributed by atoms with Gasteiger partial charge in [-0.3, -0.25) is 0 Å². The highest BCUT2D eigenvalue weighted by Crippen LogP contribution is 2.36. The third-order valence-electron chi connectivity index (χ3n) is 3.40. The number of aliphatic hydroxyl groups excluding tert-OH is 2. The second kappa shape index (κ2) is 7.31. The molecule has 0 aromatic carbocycles. The lowest BCUT2D eigenvalue weighted by Crippen LogP contribution is -2.41. The largest absolute Gasteiger partial charge is 0.417 e. The quantitative estimate of drug-likeness (QED) is 0.546. The van der Waals surface area contributed by atoms with Crippen LogP contribution >= 0.6 is 0 Å². The van der Waals surface area contributed by atoms with Crippen LogP contribution in [0.25, 0.3) is 0 Å². The first-order chi connectivity index (χ1) is 7.70. The summed E-state index contributed by atoms with van der Waals surface area (Å²) in [5.74, 6) is 0.